The number of carbonyl (C=O) groups excluding carboxylic acids is 1. The van der Waals surface area contributed by atoms with Gasteiger partial charge in [0, 0.05) is 18.5 Å². The van der Waals surface area contributed by atoms with E-state index in [0.29, 0.717) is 29.3 Å². The van der Waals surface area contributed by atoms with Gasteiger partial charge >= 0.3 is 0 Å². The molecule has 150 valence electrons. The van der Waals surface area contributed by atoms with Crippen LogP contribution in [0.3, 0.4) is 0 Å². The van der Waals surface area contributed by atoms with Gasteiger partial charge in [0.1, 0.15) is 9.84 Å². The lowest BCUT2D eigenvalue weighted by Gasteiger charge is -2.27. The van der Waals surface area contributed by atoms with E-state index in [-0.39, 0.29) is 24.1 Å². The first kappa shape index (κ1) is 19.9. The smallest absolute Gasteiger partial charge is 0.257 e. The molecule has 0 spiro atoms. The van der Waals surface area contributed by atoms with Gasteiger partial charge in [0.05, 0.1) is 36.8 Å². The number of methoxy groups -OCH3 is 1. The number of sulfone groups is 1. The number of anilines is 1. The second-order valence-corrected chi connectivity index (χ2v) is 8.78. The van der Waals surface area contributed by atoms with Crippen LogP contribution in [0.25, 0.3) is 0 Å². The molecule has 9 heteroatoms. The van der Waals surface area contributed by atoms with Crippen LogP contribution in [-0.4, -0.2) is 49.9 Å². The molecule has 0 saturated heterocycles. The number of pyridine rings is 1. The van der Waals surface area contributed by atoms with Crippen molar-refractivity contribution in [2.75, 3.05) is 31.5 Å². The number of fused-ring (bicyclic) bond motifs is 1. The Labute approximate surface area is 164 Å². The van der Waals surface area contributed by atoms with Crippen molar-refractivity contribution >= 4 is 21.4 Å². The number of hydrogen-bond acceptors (Lipinski definition) is 7. The van der Waals surface area contributed by atoms with E-state index in [1.165, 1.54) is 12.0 Å². The van der Waals surface area contributed by atoms with Crippen molar-refractivity contribution in [1.29, 1.82) is 0 Å². The fraction of sp³-hybridized carbons (Fsp3) is 0.368. The molecule has 0 saturated carbocycles. The van der Waals surface area contributed by atoms with Gasteiger partial charge in [0.2, 0.25) is 0 Å². The third kappa shape index (κ3) is 3.89. The van der Waals surface area contributed by atoms with Gasteiger partial charge in [0.15, 0.2) is 5.75 Å². The lowest BCUT2D eigenvalue weighted by molar-refractivity contribution is 0.0715. The summed E-state index contributed by atoms with van der Waals surface area (Å²) in [6.45, 7) is 2.44. The molecule has 0 bridgehead atoms. The molecule has 0 aliphatic carbocycles. The first-order chi connectivity index (χ1) is 13.2. The number of rotatable bonds is 7. The zero-order valence-electron chi connectivity index (χ0n) is 16.0. The third-order valence-corrected chi connectivity index (χ3v) is 5.45. The number of nitrogens with two attached hydrogens (primary N) is 1. The van der Waals surface area contributed by atoms with E-state index in [9.17, 15) is 13.2 Å². The molecular weight excluding hydrogens is 382 g/mol. The maximum Gasteiger partial charge on any atom is 0.257 e. The number of aromatic nitrogens is 1. The van der Waals surface area contributed by atoms with E-state index < -0.39 is 15.9 Å². The van der Waals surface area contributed by atoms with Crippen LogP contribution >= 0.6 is 0 Å². The number of benzene rings is 1. The molecule has 2 N–H and O–H groups in total. The molecule has 1 amide bonds. The topological polar surface area (TPSA) is 112 Å². The van der Waals surface area contributed by atoms with E-state index in [1.54, 1.807) is 24.3 Å². The summed E-state index contributed by atoms with van der Waals surface area (Å²) in [5.41, 5.74) is 7.94. The molecule has 3 rings (SSSR count). The number of carbonyl (C=O) groups is 1. The normalized spacial score (nSPS) is 14.7. The number of hydrogen-bond donors (Lipinski definition) is 1. The Kier molecular flexibility index (Phi) is 5.46. The highest BCUT2D eigenvalue weighted by atomic mass is 32.2. The summed E-state index contributed by atoms with van der Waals surface area (Å²) in [5.74, 6) is 0.114. The molecule has 2 heterocycles. The van der Waals surface area contributed by atoms with Crippen molar-refractivity contribution < 1.29 is 22.7 Å². The van der Waals surface area contributed by atoms with E-state index in [2.05, 4.69) is 4.98 Å². The second-order valence-electron chi connectivity index (χ2n) is 6.60. The number of ether oxygens (including phenoxy) is 2. The van der Waals surface area contributed by atoms with Crippen LogP contribution in [0.4, 0.5) is 5.69 Å². The van der Waals surface area contributed by atoms with E-state index in [4.69, 9.17) is 15.2 Å². The molecule has 0 fully saturated rings. The summed E-state index contributed by atoms with van der Waals surface area (Å²) >= 11 is 0. The van der Waals surface area contributed by atoms with Crippen LogP contribution in [0, 0.1) is 0 Å². The number of amides is 1. The van der Waals surface area contributed by atoms with Crippen molar-refractivity contribution in [2.45, 2.75) is 19.5 Å². The molecule has 0 radical (unpaired) electrons. The standard InChI is InChI=1S/C19H23N3O5S/c1-4-27-18-16(26-2)9-8-14(21-18)15(11-28(3,24)25)22-10-12-6-5-7-13(20)17(12)19(22)23/h5-9,15H,4,10-11,20H2,1-3H3/t15-/m1/s1. The average molecular weight is 405 g/mol. The monoisotopic (exact) mass is 405 g/mol. The Hall–Kier alpha value is -2.81. The number of nitrogen functional groups attached to an aromatic ring is 1. The summed E-state index contributed by atoms with van der Waals surface area (Å²) in [7, 11) is -1.91. The molecule has 28 heavy (non-hydrogen) atoms. The van der Waals surface area contributed by atoms with Gasteiger partial charge < -0.3 is 20.1 Å². The minimum atomic E-state index is -3.41. The summed E-state index contributed by atoms with van der Waals surface area (Å²) in [5, 5.41) is 0. The SMILES string of the molecule is CCOc1nc([C@@H](CS(C)(=O)=O)N2Cc3cccc(N)c3C2=O)ccc1OC. The van der Waals surface area contributed by atoms with E-state index in [0.717, 1.165) is 11.8 Å². The van der Waals surface area contributed by atoms with Gasteiger partial charge in [-0.25, -0.2) is 13.4 Å². The lowest BCUT2D eigenvalue weighted by atomic mass is 10.1. The van der Waals surface area contributed by atoms with Crippen molar-refractivity contribution in [3.8, 4) is 11.6 Å². The van der Waals surface area contributed by atoms with Crippen LogP contribution in [-0.2, 0) is 16.4 Å². The fourth-order valence-corrected chi connectivity index (χ4v) is 4.23. The van der Waals surface area contributed by atoms with Crippen molar-refractivity contribution in [1.82, 2.24) is 9.88 Å². The number of nitrogens with zero attached hydrogens (tertiary/aromatic N) is 2. The highest BCUT2D eigenvalue weighted by Crippen LogP contribution is 2.36. The van der Waals surface area contributed by atoms with Crippen molar-refractivity contribution in [2.24, 2.45) is 0 Å². The summed E-state index contributed by atoms with van der Waals surface area (Å²) in [4.78, 5) is 19.0. The fourth-order valence-electron chi connectivity index (χ4n) is 3.31. The molecule has 1 atom stereocenters. The molecular formula is C19H23N3O5S. The average Bonchev–Trinajstić information content (AvgIpc) is 2.97. The van der Waals surface area contributed by atoms with Crippen LogP contribution < -0.4 is 15.2 Å². The highest BCUT2D eigenvalue weighted by molar-refractivity contribution is 7.90. The van der Waals surface area contributed by atoms with Crippen LogP contribution in [0.2, 0.25) is 0 Å². The van der Waals surface area contributed by atoms with Gasteiger partial charge in [-0.05, 0) is 30.7 Å². The third-order valence-electron chi connectivity index (χ3n) is 4.52. The summed E-state index contributed by atoms with van der Waals surface area (Å²) < 4.78 is 35.0. The van der Waals surface area contributed by atoms with Crippen LogP contribution in [0.15, 0.2) is 30.3 Å². The van der Waals surface area contributed by atoms with Crippen molar-refractivity contribution in [3.05, 3.63) is 47.2 Å². The van der Waals surface area contributed by atoms with Gasteiger partial charge in [-0.15, -0.1) is 0 Å². The minimum Gasteiger partial charge on any atom is -0.491 e. The zero-order chi connectivity index (χ0) is 20.5. The predicted octanol–water partition coefficient (Wildman–Crippen LogP) is 1.81. The molecule has 0 unspecified atom stereocenters. The molecule has 1 aromatic heterocycles. The van der Waals surface area contributed by atoms with Crippen LogP contribution in [0.5, 0.6) is 11.6 Å². The Morgan fingerprint density at radius 3 is 2.64 bits per heavy atom. The lowest BCUT2D eigenvalue weighted by Crippen LogP contribution is -2.34. The Balaban J connectivity index is 2.05. The highest BCUT2D eigenvalue weighted by Gasteiger charge is 2.37. The minimum absolute atomic E-state index is 0.254. The molecule has 8 nitrogen and oxygen atoms in total. The first-order valence-electron chi connectivity index (χ1n) is 8.79. The summed E-state index contributed by atoms with van der Waals surface area (Å²) in [6, 6.07) is 7.77. The second kappa shape index (κ2) is 7.67. The molecule has 1 aliphatic heterocycles. The first-order valence-corrected chi connectivity index (χ1v) is 10.8. The van der Waals surface area contributed by atoms with E-state index in [1.807, 2.05) is 13.0 Å². The van der Waals surface area contributed by atoms with Crippen molar-refractivity contribution in [3.63, 3.8) is 0 Å². The molecule has 2 aromatic rings. The summed E-state index contributed by atoms with van der Waals surface area (Å²) in [6.07, 6.45) is 1.13. The zero-order valence-corrected chi connectivity index (χ0v) is 16.8. The maximum atomic E-state index is 13.0. The largest absolute Gasteiger partial charge is 0.491 e. The van der Waals surface area contributed by atoms with Gasteiger partial charge in [-0.1, -0.05) is 12.1 Å². The Bertz CT molecular complexity index is 1010. The predicted molar refractivity (Wildman–Crippen MR) is 105 cm³/mol. The van der Waals surface area contributed by atoms with Gasteiger partial charge in [-0.3, -0.25) is 4.79 Å². The molecule has 1 aliphatic rings. The van der Waals surface area contributed by atoms with E-state index >= 15 is 0 Å². The van der Waals surface area contributed by atoms with Gasteiger partial charge in [-0.2, -0.15) is 0 Å². The Morgan fingerprint density at radius 2 is 2.04 bits per heavy atom. The van der Waals surface area contributed by atoms with Crippen LogP contribution in [0.1, 0.15) is 34.6 Å². The maximum absolute atomic E-state index is 13.0. The quantitative estimate of drug-likeness (QED) is 0.699. The molecule has 1 aromatic carbocycles. The Morgan fingerprint density at radius 1 is 1.29 bits per heavy atom. The van der Waals surface area contributed by atoms with Gasteiger partial charge in [0.25, 0.3) is 11.8 Å².